The summed E-state index contributed by atoms with van der Waals surface area (Å²) in [4.78, 5) is 23.5. The van der Waals surface area contributed by atoms with Crippen LogP contribution in [0.3, 0.4) is 0 Å². The molecule has 0 heterocycles. The molecule has 0 aliphatic rings. The van der Waals surface area contributed by atoms with E-state index in [1.807, 2.05) is 6.26 Å². The summed E-state index contributed by atoms with van der Waals surface area (Å²) >= 11 is 2.89. The monoisotopic (exact) mass is 380 g/mol. The average molecular weight is 380 g/mol. The molecule has 0 spiro atoms. The number of halogens is 1. The second-order valence-electron chi connectivity index (χ2n) is 5.04. The molecule has 0 aliphatic heterocycles. The van der Waals surface area contributed by atoms with Gasteiger partial charge in [0.1, 0.15) is 11.4 Å². The molecule has 0 saturated heterocycles. The van der Waals surface area contributed by atoms with Crippen molar-refractivity contribution in [2.45, 2.75) is 10.6 Å². The zero-order valence-corrected chi connectivity index (χ0v) is 15.2. The van der Waals surface area contributed by atoms with Crippen LogP contribution in [0.2, 0.25) is 0 Å². The number of nitro groups is 1. The highest BCUT2D eigenvalue weighted by molar-refractivity contribution is 7.98. The van der Waals surface area contributed by atoms with Gasteiger partial charge in [-0.3, -0.25) is 14.9 Å². The first kappa shape index (κ1) is 19.3. The number of thioether (sulfide) groups is 2. The van der Waals surface area contributed by atoms with E-state index in [9.17, 15) is 19.3 Å². The Labute approximate surface area is 153 Å². The van der Waals surface area contributed by atoms with E-state index in [1.54, 1.807) is 24.3 Å². The molecule has 25 heavy (non-hydrogen) atoms. The van der Waals surface area contributed by atoms with Gasteiger partial charge >= 0.3 is 0 Å². The lowest BCUT2D eigenvalue weighted by molar-refractivity contribution is -0.385. The number of hydrogen-bond acceptors (Lipinski definition) is 5. The van der Waals surface area contributed by atoms with Crippen molar-refractivity contribution in [3.8, 4) is 0 Å². The van der Waals surface area contributed by atoms with Gasteiger partial charge in [0.05, 0.1) is 4.92 Å². The Morgan fingerprint density at radius 2 is 2.04 bits per heavy atom. The molecule has 0 radical (unpaired) electrons. The highest BCUT2D eigenvalue weighted by atomic mass is 32.2. The zero-order valence-electron chi connectivity index (χ0n) is 13.5. The molecule has 2 aromatic carbocycles. The molecule has 0 saturated carbocycles. The summed E-state index contributed by atoms with van der Waals surface area (Å²) in [6.45, 7) is 0.346. The fraction of sp³-hybridized carbons (Fsp3) is 0.235. The number of amides is 1. The third-order valence-corrected chi connectivity index (χ3v) is 5.13. The van der Waals surface area contributed by atoms with E-state index in [0.717, 1.165) is 4.90 Å². The fourth-order valence-electron chi connectivity index (χ4n) is 2.11. The van der Waals surface area contributed by atoms with Gasteiger partial charge in [0.2, 0.25) is 0 Å². The lowest BCUT2D eigenvalue weighted by atomic mass is 10.1. The Morgan fingerprint density at radius 1 is 1.28 bits per heavy atom. The molecule has 1 N–H and O–H groups in total. The van der Waals surface area contributed by atoms with Crippen LogP contribution in [0.15, 0.2) is 47.4 Å². The molecule has 0 aliphatic carbocycles. The highest BCUT2D eigenvalue weighted by Gasteiger charge is 2.20. The smallest absolute Gasteiger partial charge is 0.282 e. The third-order valence-electron chi connectivity index (χ3n) is 3.39. The van der Waals surface area contributed by atoms with Crippen LogP contribution in [0.4, 0.5) is 10.1 Å². The first-order chi connectivity index (χ1) is 12.0. The number of hydrogen-bond donors (Lipinski definition) is 1. The highest BCUT2D eigenvalue weighted by Crippen LogP contribution is 2.24. The minimum Gasteiger partial charge on any atom is -0.351 e. The van der Waals surface area contributed by atoms with Crippen LogP contribution in [0.25, 0.3) is 0 Å². The molecule has 1 amide bonds. The Morgan fingerprint density at radius 3 is 2.72 bits per heavy atom. The summed E-state index contributed by atoms with van der Waals surface area (Å²) in [7, 11) is 0. The van der Waals surface area contributed by atoms with E-state index in [1.165, 1.54) is 41.7 Å². The van der Waals surface area contributed by atoms with E-state index in [4.69, 9.17) is 0 Å². The van der Waals surface area contributed by atoms with Crippen molar-refractivity contribution >= 4 is 35.1 Å². The number of carbonyl (C=O) groups is 1. The molecule has 0 unspecified atom stereocenters. The second kappa shape index (κ2) is 9.43. The van der Waals surface area contributed by atoms with Gasteiger partial charge in [-0.05, 0) is 30.0 Å². The van der Waals surface area contributed by atoms with Crippen LogP contribution in [-0.4, -0.2) is 29.4 Å². The standard InChI is InChI=1S/C17H17FN2O3S2/c1-24-13-6-7-16(20(22)23)14(10-13)17(21)19-8-9-25-11-12-4-2-3-5-15(12)18/h2-7,10H,8-9,11H2,1H3,(H,19,21). The summed E-state index contributed by atoms with van der Waals surface area (Å²) in [5, 5.41) is 13.7. The average Bonchev–Trinajstić information content (AvgIpc) is 2.62. The summed E-state index contributed by atoms with van der Waals surface area (Å²) in [6, 6.07) is 11.0. The van der Waals surface area contributed by atoms with Gasteiger partial charge in [0.25, 0.3) is 11.6 Å². The summed E-state index contributed by atoms with van der Waals surface area (Å²) in [5.74, 6) is 0.360. The molecule has 0 bridgehead atoms. The van der Waals surface area contributed by atoms with E-state index >= 15 is 0 Å². The lowest BCUT2D eigenvalue weighted by Gasteiger charge is -2.07. The Hall–Kier alpha value is -2.06. The molecule has 8 heteroatoms. The largest absolute Gasteiger partial charge is 0.351 e. The van der Waals surface area contributed by atoms with Gasteiger partial charge in [0.15, 0.2) is 0 Å². The normalized spacial score (nSPS) is 10.5. The fourth-order valence-corrected chi connectivity index (χ4v) is 3.40. The van der Waals surface area contributed by atoms with Crippen LogP contribution in [0.1, 0.15) is 15.9 Å². The topological polar surface area (TPSA) is 72.2 Å². The van der Waals surface area contributed by atoms with Gasteiger partial charge in [-0.15, -0.1) is 11.8 Å². The SMILES string of the molecule is CSc1ccc([N+](=O)[O-])c(C(=O)NCCSCc2ccccc2F)c1. The number of carbonyl (C=O) groups excluding carboxylic acids is 1. The number of nitrogens with one attached hydrogen (secondary N) is 1. The maximum atomic E-state index is 13.5. The molecule has 0 atom stereocenters. The van der Waals surface area contributed by atoms with Gasteiger partial charge in [-0.25, -0.2) is 4.39 Å². The predicted octanol–water partition coefficient (Wildman–Crippen LogP) is 4.12. The Balaban J connectivity index is 1.88. The Bertz CT molecular complexity index is 771. The Kier molecular flexibility index (Phi) is 7.27. The van der Waals surface area contributed by atoms with Crippen LogP contribution < -0.4 is 5.32 Å². The quantitative estimate of drug-likeness (QED) is 0.323. The molecule has 2 rings (SSSR count). The van der Waals surface area contributed by atoms with Crippen molar-refractivity contribution in [3.63, 3.8) is 0 Å². The van der Waals surface area contributed by atoms with Crippen molar-refractivity contribution in [1.29, 1.82) is 0 Å². The first-order valence-corrected chi connectivity index (χ1v) is 9.82. The number of rotatable bonds is 8. The first-order valence-electron chi connectivity index (χ1n) is 7.44. The van der Waals surface area contributed by atoms with Crippen molar-refractivity contribution in [2.24, 2.45) is 0 Å². The molecule has 0 aromatic heterocycles. The minimum atomic E-state index is -0.564. The molecular formula is C17H17FN2O3S2. The van der Waals surface area contributed by atoms with Crippen LogP contribution in [-0.2, 0) is 5.75 Å². The summed E-state index contributed by atoms with van der Waals surface area (Å²) < 4.78 is 13.5. The third kappa shape index (κ3) is 5.47. The van der Waals surface area contributed by atoms with Crippen molar-refractivity contribution in [2.75, 3.05) is 18.6 Å². The predicted molar refractivity (Wildman–Crippen MR) is 99.8 cm³/mol. The number of benzene rings is 2. The lowest BCUT2D eigenvalue weighted by Crippen LogP contribution is -2.26. The van der Waals surface area contributed by atoms with Crippen molar-refractivity contribution in [3.05, 3.63) is 69.5 Å². The van der Waals surface area contributed by atoms with E-state index < -0.39 is 10.8 Å². The molecule has 5 nitrogen and oxygen atoms in total. The number of nitrogens with zero attached hydrogens (tertiary/aromatic N) is 1. The molecule has 2 aromatic rings. The summed E-state index contributed by atoms with van der Waals surface area (Å²) in [5.41, 5.74) is 0.451. The number of nitro benzene ring substituents is 1. The van der Waals surface area contributed by atoms with E-state index in [0.29, 0.717) is 23.6 Å². The maximum Gasteiger partial charge on any atom is 0.282 e. The van der Waals surface area contributed by atoms with Crippen LogP contribution in [0.5, 0.6) is 0 Å². The van der Waals surface area contributed by atoms with Gasteiger partial charge in [0, 0.05) is 29.0 Å². The van der Waals surface area contributed by atoms with E-state index in [2.05, 4.69) is 5.32 Å². The zero-order chi connectivity index (χ0) is 18.2. The van der Waals surface area contributed by atoms with Crippen molar-refractivity contribution < 1.29 is 14.1 Å². The van der Waals surface area contributed by atoms with Gasteiger partial charge in [-0.1, -0.05) is 18.2 Å². The van der Waals surface area contributed by atoms with E-state index in [-0.39, 0.29) is 17.1 Å². The molecule has 132 valence electrons. The van der Waals surface area contributed by atoms with Gasteiger partial charge < -0.3 is 5.32 Å². The maximum absolute atomic E-state index is 13.5. The summed E-state index contributed by atoms with van der Waals surface area (Å²) in [6.07, 6.45) is 1.84. The van der Waals surface area contributed by atoms with Gasteiger partial charge in [-0.2, -0.15) is 11.8 Å². The minimum absolute atomic E-state index is 0.0518. The van der Waals surface area contributed by atoms with Crippen LogP contribution >= 0.6 is 23.5 Å². The molecular weight excluding hydrogens is 363 g/mol. The van der Waals surface area contributed by atoms with Crippen LogP contribution in [0, 0.1) is 15.9 Å². The molecule has 0 fully saturated rings. The van der Waals surface area contributed by atoms with Crippen molar-refractivity contribution in [1.82, 2.24) is 5.32 Å². The second-order valence-corrected chi connectivity index (χ2v) is 7.02.